The SMILES string of the molecule is CC(C)(C)CN(OC(=O)Oc1ccccc1)OC(=O)Oc1cccc2ccccc12. The third-order valence-corrected chi connectivity index (χ3v) is 3.84. The van der Waals surface area contributed by atoms with Crippen molar-refractivity contribution in [2.75, 3.05) is 6.54 Å². The molecule has 0 amide bonds. The van der Waals surface area contributed by atoms with E-state index in [0.29, 0.717) is 11.5 Å². The van der Waals surface area contributed by atoms with Gasteiger partial charge < -0.3 is 9.47 Å². The summed E-state index contributed by atoms with van der Waals surface area (Å²) in [5.41, 5.74) is -0.354. The van der Waals surface area contributed by atoms with E-state index in [1.54, 1.807) is 42.5 Å². The van der Waals surface area contributed by atoms with E-state index in [-0.39, 0.29) is 12.0 Å². The van der Waals surface area contributed by atoms with Gasteiger partial charge in [0, 0.05) is 10.6 Å². The van der Waals surface area contributed by atoms with Crippen LogP contribution in [0.3, 0.4) is 0 Å². The highest BCUT2D eigenvalue weighted by Gasteiger charge is 2.26. The smallest absolute Gasteiger partial charge is 0.394 e. The van der Waals surface area contributed by atoms with Crippen LogP contribution >= 0.6 is 0 Å². The predicted molar refractivity (Wildman–Crippen MR) is 111 cm³/mol. The first-order valence-corrected chi connectivity index (χ1v) is 9.40. The third kappa shape index (κ3) is 6.22. The van der Waals surface area contributed by atoms with Crippen LogP contribution in [-0.4, -0.2) is 24.1 Å². The number of hydrogen-bond acceptors (Lipinski definition) is 7. The maximum absolute atomic E-state index is 12.4. The summed E-state index contributed by atoms with van der Waals surface area (Å²) < 4.78 is 10.4. The zero-order chi connectivity index (χ0) is 21.6. The minimum Gasteiger partial charge on any atom is -0.394 e. The summed E-state index contributed by atoms with van der Waals surface area (Å²) in [6.07, 6.45) is -2.08. The zero-order valence-corrected chi connectivity index (χ0v) is 17.0. The second-order valence-electron chi connectivity index (χ2n) is 7.73. The predicted octanol–water partition coefficient (Wildman–Crippen LogP) is 5.75. The molecule has 3 aromatic rings. The molecule has 3 rings (SSSR count). The van der Waals surface area contributed by atoms with E-state index in [9.17, 15) is 9.59 Å². The minimum absolute atomic E-state index is 0.0987. The van der Waals surface area contributed by atoms with Crippen molar-refractivity contribution in [3.8, 4) is 11.5 Å². The van der Waals surface area contributed by atoms with E-state index in [0.717, 1.165) is 16.0 Å². The normalized spacial score (nSPS) is 11.2. The third-order valence-electron chi connectivity index (χ3n) is 3.84. The number of nitrogens with zero attached hydrogens (tertiary/aromatic N) is 1. The van der Waals surface area contributed by atoms with Crippen molar-refractivity contribution in [3.05, 3.63) is 72.8 Å². The number of hydroxylamine groups is 2. The molecule has 0 aliphatic heterocycles. The lowest BCUT2D eigenvalue weighted by Gasteiger charge is -2.25. The van der Waals surface area contributed by atoms with E-state index in [1.165, 1.54) is 0 Å². The number of benzene rings is 3. The number of carbonyl (C=O) groups excluding carboxylic acids is 2. The Kier molecular flexibility index (Phi) is 6.54. The van der Waals surface area contributed by atoms with Crippen molar-refractivity contribution < 1.29 is 28.7 Å². The number of rotatable bonds is 5. The fourth-order valence-corrected chi connectivity index (χ4v) is 2.63. The standard InChI is InChI=1S/C23H23NO6/c1-23(2,3)16-24(29-21(25)27-18-12-5-4-6-13-18)30-22(26)28-20-15-9-11-17-10-7-8-14-19(17)20/h4-15H,16H2,1-3H3. The van der Waals surface area contributed by atoms with Crippen LogP contribution in [0.15, 0.2) is 72.8 Å². The van der Waals surface area contributed by atoms with Crippen LogP contribution in [0.25, 0.3) is 10.8 Å². The molecule has 0 aliphatic carbocycles. The van der Waals surface area contributed by atoms with E-state index in [1.807, 2.05) is 51.1 Å². The molecule has 7 nitrogen and oxygen atoms in total. The summed E-state index contributed by atoms with van der Waals surface area (Å²) in [5.74, 6) is 0.636. The van der Waals surface area contributed by atoms with E-state index in [4.69, 9.17) is 19.1 Å². The number of ether oxygens (including phenoxy) is 2. The molecule has 0 saturated heterocycles. The summed E-state index contributed by atoms with van der Waals surface area (Å²) in [7, 11) is 0. The Morgan fingerprint density at radius 3 is 2.07 bits per heavy atom. The highest BCUT2D eigenvalue weighted by Crippen LogP contribution is 2.26. The molecular formula is C23H23NO6. The number of para-hydroxylation sites is 1. The van der Waals surface area contributed by atoms with E-state index >= 15 is 0 Å². The van der Waals surface area contributed by atoms with Crippen LogP contribution in [0.4, 0.5) is 9.59 Å². The average molecular weight is 409 g/mol. The van der Waals surface area contributed by atoms with Crippen LogP contribution < -0.4 is 9.47 Å². The average Bonchev–Trinajstić information content (AvgIpc) is 2.67. The summed E-state index contributed by atoms with van der Waals surface area (Å²) in [6, 6.07) is 21.2. The first-order chi connectivity index (χ1) is 14.3. The van der Waals surface area contributed by atoms with Crippen molar-refractivity contribution in [3.63, 3.8) is 0 Å². The topological polar surface area (TPSA) is 74.3 Å². The largest absolute Gasteiger partial charge is 0.536 e. The van der Waals surface area contributed by atoms with Crippen molar-refractivity contribution in [2.24, 2.45) is 5.41 Å². The lowest BCUT2D eigenvalue weighted by Crippen LogP contribution is -2.38. The first-order valence-electron chi connectivity index (χ1n) is 9.40. The van der Waals surface area contributed by atoms with Crippen molar-refractivity contribution >= 4 is 23.1 Å². The Morgan fingerprint density at radius 2 is 1.37 bits per heavy atom. The van der Waals surface area contributed by atoms with Crippen LogP contribution in [0.1, 0.15) is 20.8 Å². The Bertz CT molecular complexity index is 1010. The van der Waals surface area contributed by atoms with Gasteiger partial charge in [-0.2, -0.15) is 0 Å². The fourth-order valence-electron chi connectivity index (χ4n) is 2.63. The van der Waals surface area contributed by atoms with E-state index in [2.05, 4.69) is 0 Å². The number of carbonyl (C=O) groups is 2. The molecule has 0 aliphatic rings. The van der Waals surface area contributed by atoms with Gasteiger partial charge in [-0.1, -0.05) is 75.4 Å². The van der Waals surface area contributed by atoms with Gasteiger partial charge in [-0.15, -0.1) is 0 Å². The molecule has 0 N–H and O–H groups in total. The molecule has 0 fully saturated rings. The minimum atomic E-state index is -1.04. The summed E-state index contributed by atoms with van der Waals surface area (Å²) in [4.78, 5) is 34.7. The summed E-state index contributed by atoms with van der Waals surface area (Å²) in [6.45, 7) is 5.78. The maximum Gasteiger partial charge on any atom is 0.536 e. The molecule has 3 aromatic carbocycles. The van der Waals surface area contributed by atoms with Crippen LogP contribution in [0.5, 0.6) is 11.5 Å². The van der Waals surface area contributed by atoms with Gasteiger partial charge in [-0.3, -0.25) is 9.68 Å². The van der Waals surface area contributed by atoms with Gasteiger partial charge >= 0.3 is 12.3 Å². The Balaban J connectivity index is 1.67. The van der Waals surface area contributed by atoms with Gasteiger partial charge in [0.2, 0.25) is 0 Å². The monoisotopic (exact) mass is 409 g/mol. The molecule has 0 radical (unpaired) electrons. The van der Waals surface area contributed by atoms with Crippen molar-refractivity contribution in [1.29, 1.82) is 0 Å². The number of fused-ring (bicyclic) bond motifs is 1. The molecule has 7 heteroatoms. The van der Waals surface area contributed by atoms with Crippen molar-refractivity contribution in [2.45, 2.75) is 20.8 Å². The molecule has 0 aromatic heterocycles. The molecule has 0 bridgehead atoms. The van der Waals surface area contributed by atoms with E-state index < -0.39 is 12.3 Å². The second kappa shape index (κ2) is 9.28. The molecule has 30 heavy (non-hydrogen) atoms. The summed E-state index contributed by atoms with van der Waals surface area (Å²) >= 11 is 0. The highest BCUT2D eigenvalue weighted by molar-refractivity contribution is 5.89. The lowest BCUT2D eigenvalue weighted by molar-refractivity contribution is -0.316. The van der Waals surface area contributed by atoms with Crippen LogP contribution in [0, 0.1) is 5.41 Å². The van der Waals surface area contributed by atoms with Crippen LogP contribution in [-0.2, 0) is 9.68 Å². The number of hydrogen-bond donors (Lipinski definition) is 0. The molecule has 0 heterocycles. The van der Waals surface area contributed by atoms with Crippen molar-refractivity contribution in [1.82, 2.24) is 5.23 Å². The quantitative estimate of drug-likeness (QED) is 0.302. The molecule has 0 saturated carbocycles. The van der Waals surface area contributed by atoms with Gasteiger partial charge in [0.1, 0.15) is 11.5 Å². The molecular weight excluding hydrogens is 386 g/mol. The second-order valence-corrected chi connectivity index (χ2v) is 7.73. The molecule has 0 spiro atoms. The van der Waals surface area contributed by atoms with Gasteiger partial charge in [-0.25, -0.2) is 9.59 Å². The Hall–Kier alpha value is -3.58. The highest BCUT2D eigenvalue weighted by atomic mass is 17.0. The van der Waals surface area contributed by atoms with Crippen LogP contribution in [0.2, 0.25) is 0 Å². The Labute approximate surface area is 174 Å². The molecule has 0 atom stereocenters. The van der Waals surface area contributed by atoms with Gasteiger partial charge in [0.25, 0.3) is 0 Å². The lowest BCUT2D eigenvalue weighted by atomic mass is 9.97. The summed E-state index contributed by atoms with van der Waals surface area (Å²) in [5, 5.41) is 2.43. The molecule has 156 valence electrons. The van der Waals surface area contributed by atoms with Gasteiger partial charge in [0.15, 0.2) is 0 Å². The van der Waals surface area contributed by atoms with Gasteiger partial charge in [0.05, 0.1) is 6.54 Å². The van der Waals surface area contributed by atoms with Gasteiger partial charge in [-0.05, 0) is 29.0 Å². The first kappa shape index (κ1) is 21.1. The Morgan fingerprint density at radius 1 is 0.767 bits per heavy atom. The fraction of sp³-hybridized carbons (Fsp3) is 0.217. The maximum atomic E-state index is 12.4. The molecule has 0 unspecified atom stereocenters. The zero-order valence-electron chi connectivity index (χ0n) is 17.0.